The van der Waals surface area contributed by atoms with E-state index >= 15 is 0 Å². The number of rotatable bonds is 4. The van der Waals surface area contributed by atoms with Crippen molar-refractivity contribution in [1.82, 2.24) is 5.32 Å². The van der Waals surface area contributed by atoms with Gasteiger partial charge in [-0.1, -0.05) is 0 Å². The van der Waals surface area contributed by atoms with Crippen LogP contribution in [-0.4, -0.2) is 12.3 Å². The fourth-order valence-corrected chi connectivity index (χ4v) is 0.753. The van der Waals surface area contributed by atoms with Crippen molar-refractivity contribution in [3.05, 3.63) is 36.4 Å². The number of furan rings is 1. The molecule has 0 aliphatic heterocycles. The Morgan fingerprint density at radius 2 is 2.58 bits per heavy atom. The van der Waals surface area contributed by atoms with Gasteiger partial charge < -0.3 is 9.73 Å². The van der Waals surface area contributed by atoms with Crippen LogP contribution in [0.5, 0.6) is 0 Å². The van der Waals surface area contributed by atoms with Crippen LogP contribution in [0.25, 0.3) is 0 Å². The SMILES string of the molecule is CCN/C=C\C(=O)c1ccoc1. The van der Waals surface area contributed by atoms with Gasteiger partial charge in [0.2, 0.25) is 0 Å². The molecule has 0 saturated heterocycles. The van der Waals surface area contributed by atoms with E-state index in [2.05, 4.69) is 5.32 Å². The van der Waals surface area contributed by atoms with Crippen molar-refractivity contribution in [1.29, 1.82) is 0 Å². The average Bonchev–Trinajstić information content (AvgIpc) is 2.56. The summed E-state index contributed by atoms with van der Waals surface area (Å²) in [6.45, 7) is 2.78. The maximum Gasteiger partial charge on any atom is 0.190 e. The third-order valence-corrected chi connectivity index (χ3v) is 1.36. The van der Waals surface area contributed by atoms with E-state index in [1.54, 1.807) is 12.3 Å². The van der Waals surface area contributed by atoms with Crippen molar-refractivity contribution in [2.45, 2.75) is 6.92 Å². The molecule has 1 heterocycles. The van der Waals surface area contributed by atoms with Gasteiger partial charge in [-0.05, 0) is 13.0 Å². The molecule has 0 saturated carbocycles. The molecule has 1 rings (SSSR count). The normalized spacial score (nSPS) is 10.4. The second-order valence-corrected chi connectivity index (χ2v) is 2.27. The quantitative estimate of drug-likeness (QED) is 0.544. The largest absolute Gasteiger partial charge is 0.472 e. The van der Waals surface area contributed by atoms with Gasteiger partial charge in [0.25, 0.3) is 0 Å². The minimum Gasteiger partial charge on any atom is -0.472 e. The number of hydrogen-bond acceptors (Lipinski definition) is 3. The predicted molar refractivity (Wildman–Crippen MR) is 45.9 cm³/mol. The fourth-order valence-electron chi connectivity index (χ4n) is 0.753. The van der Waals surface area contributed by atoms with Crippen LogP contribution in [0, 0.1) is 0 Å². The van der Waals surface area contributed by atoms with Crippen molar-refractivity contribution in [3.8, 4) is 0 Å². The van der Waals surface area contributed by atoms with Gasteiger partial charge in [0, 0.05) is 18.8 Å². The van der Waals surface area contributed by atoms with Crippen LogP contribution in [-0.2, 0) is 0 Å². The number of nitrogens with one attached hydrogen (secondary N) is 1. The summed E-state index contributed by atoms with van der Waals surface area (Å²) in [5, 5.41) is 2.91. The van der Waals surface area contributed by atoms with E-state index in [9.17, 15) is 4.79 Å². The third-order valence-electron chi connectivity index (χ3n) is 1.36. The zero-order valence-electron chi connectivity index (χ0n) is 6.91. The van der Waals surface area contributed by atoms with Crippen LogP contribution in [0.3, 0.4) is 0 Å². The average molecular weight is 165 g/mol. The van der Waals surface area contributed by atoms with Gasteiger partial charge in [-0.15, -0.1) is 0 Å². The van der Waals surface area contributed by atoms with Crippen molar-refractivity contribution >= 4 is 5.78 Å². The van der Waals surface area contributed by atoms with Gasteiger partial charge in [0.15, 0.2) is 5.78 Å². The number of ketones is 1. The lowest BCUT2D eigenvalue weighted by Crippen LogP contribution is -2.03. The summed E-state index contributed by atoms with van der Waals surface area (Å²) in [5.41, 5.74) is 0.573. The fraction of sp³-hybridized carbons (Fsp3) is 0.222. The predicted octanol–water partition coefficient (Wildman–Crippen LogP) is 1.59. The molecule has 1 N–H and O–H groups in total. The maximum atomic E-state index is 11.2. The van der Waals surface area contributed by atoms with Crippen molar-refractivity contribution in [3.63, 3.8) is 0 Å². The number of allylic oxidation sites excluding steroid dienone is 1. The highest BCUT2D eigenvalue weighted by Gasteiger charge is 2.00. The zero-order valence-corrected chi connectivity index (χ0v) is 6.91. The van der Waals surface area contributed by atoms with Gasteiger partial charge in [0.05, 0.1) is 11.8 Å². The van der Waals surface area contributed by atoms with E-state index in [0.717, 1.165) is 6.54 Å². The number of carbonyl (C=O) groups excluding carboxylic acids is 1. The number of hydrogen-bond donors (Lipinski definition) is 1. The Labute approximate surface area is 71.1 Å². The van der Waals surface area contributed by atoms with Gasteiger partial charge in [-0.25, -0.2) is 0 Å². The molecule has 0 aliphatic carbocycles. The molecule has 0 atom stereocenters. The molecular weight excluding hydrogens is 154 g/mol. The Morgan fingerprint density at radius 3 is 3.17 bits per heavy atom. The van der Waals surface area contributed by atoms with Crippen LogP contribution >= 0.6 is 0 Å². The molecule has 0 aromatic carbocycles. The van der Waals surface area contributed by atoms with Crippen LogP contribution in [0.15, 0.2) is 35.3 Å². The molecule has 0 amide bonds. The van der Waals surface area contributed by atoms with Gasteiger partial charge in [0.1, 0.15) is 6.26 Å². The Kier molecular flexibility index (Phi) is 3.14. The second-order valence-electron chi connectivity index (χ2n) is 2.27. The van der Waals surface area contributed by atoms with Gasteiger partial charge in [-0.3, -0.25) is 4.79 Å². The molecule has 0 unspecified atom stereocenters. The lowest BCUT2D eigenvalue weighted by atomic mass is 10.2. The molecule has 1 aromatic heterocycles. The first-order valence-corrected chi connectivity index (χ1v) is 3.81. The summed E-state index contributed by atoms with van der Waals surface area (Å²) in [6.07, 6.45) is 6.02. The van der Waals surface area contributed by atoms with E-state index in [1.807, 2.05) is 6.92 Å². The molecule has 64 valence electrons. The van der Waals surface area contributed by atoms with Crippen molar-refractivity contribution < 1.29 is 9.21 Å². The van der Waals surface area contributed by atoms with Gasteiger partial charge in [-0.2, -0.15) is 0 Å². The molecule has 3 nitrogen and oxygen atoms in total. The third kappa shape index (κ3) is 2.27. The monoisotopic (exact) mass is 165 g/mol. The molecule has 1 aromatic rings. The molecular formula is C9H11NO2. The van der Waals surface area contributed by atoms with Gasteiger partial charge >= 0.3 is 0 Å². The molecule has 0 aliphatic rings. The first-order chi connectivity index (χ1) is 5.84. The van der Waals surface area contributed by atoms with Crippen LogP contribution in [0.1, 0.15) is 17.3 Å². The van der Waals surface area contributed by atoms with Crippen LogP contribution < -0.4 is 5.32 Å². The molecule has 12 heavy (non-hydrogen) atoms. The highest BCUT2D eigenvalue weighted by molar-refractivity contribution is 6.04. The second kappa shape index (κ2) is 4.38. The zero-order chi connectivity index (χ0) is 8.81. The van der Waals surface area contributed by atoms with E-state index in [4.69, 9.17) is 4.42 Å². The minimum absolute atomic E-state index is 0.0512. The highest BCUT2D eigenvalue weighted by Crippen LogP contribution is 2.01. The summed E-state index contributed by atoms with van der Waals surface area (Å²) in [4.78, 5) is 11.2. The van der Waals surface area contributed by atoms with Crippen molar-refractivity contribution in [2.75, 3.05) is 6.54 Å². The Bertz CT molecular complexity index is 262. The smallest absolute Gasteiger partial charge is 0.190 e. The van der Waals surface area contributed by atoms with E-state index in [-0.39, 0.29) is 5.78 Å². The molecule has 0 bridgehead atoms. The first-order valence-electron chi connectivity index (χ1n) is 3.81. The van der Waals surface area contributed by atoms with E-state index in [1.165, 1.54) is 18.6 Å². The standard InChI is InChI=1S/C9H11NO2/c1-2-10-5-3-9(11)8-4-6-12-7-8/h3-7,10H,2H2,1H3/b5-3-. The van der Waals surface area contributed by atoms with Crippen LogP contribution in [0.2, 0.25) is 0 Å². The maximum absolute atomic E-state index is 11.2. The Balaban J connectivity index is 2.50. The first kappa shape index (κ1) is 8.59. The Hall–Kier alpha value is -1.51. The molecule has 0 spiro atoms. The molecule has 0 radical (unpaired) electrons. The molecule has 0 fully saturated rings. The topological polar surface area (TPSA) is 42.2 Å². The summed E-state index contributed by atoms with van der Waals surface area (Å²) in [7, 11) is 0. The van der Waals surface area contributed by atoms with Crippen LogP contribution in [0.4, 0.5) is 0 Å². The molecule has 3 heteroatoms. The van der Waals surface area contributed by atoms with Crippen molar-refractivity contribution in [2.24, 2.45) is 0 Å². The lowest BCUT2D eigenvalue weighted by Gasteiger charge is -1.90. The minimum atomic E-state index is -0.0512. The highest BCUT2D eigenvalue weighted by atomic mass is 16.3. The summed E-state index contributed by atoms with van der Waals surface area (Å²) < 4.78 is 4.77. The number of carbonyl (C=O) groups is 1. The van der Waals surface area contributed by atoms with E-state index < -0.39 is 0 Å². The summed E-state index contributed by atoms with van der Waals surface area (Å²) in [6, 6.07) is 1.64. The summed E-state index contributed by atoms with van der Waals surface area (Å²) in [5.74, 6) is -0.0512. The Morgan fingerprint density at radius 1 is 1.75 bits per heavy atom. The van der Waals surface area contributed by atoms with E-state index in [0.29, 0.717) is 5.56 Å². The lowest BCUT2D eigenvalue weighted by molar-refractivity contribution is 0.104. The summed E-state index contributed by atoms with van der Waals surface area (Å²) >= 11 is 0.